The summed E-state index contributed by atoms with van der Waals surface area (Å²) < 4.78 is 0. The maximum Gasteiger partial charge on any atom is 0.226 e. The summed E-state index contributed by atoms with van der Waals surface area (Å²) in [5, 5.41) is 10.2. The van der Waals surface area contributed by atoms with E-state index in [2.05, 4.69) is 103 Å². The van der Waals surface area contributed by atoms with Crippen LogP contribution in [0.2, 0.25) is 0 Å². The maximum atomic E-state index is 4.82. The summed E-state index contributed by atoms with van der Waals surface area (Å²) >= 11 is 0. The van der Waals surface area contributed by atoms with Crippen LogP contribution in [0.1, 0.15) is 36.6 Å². The van der Waals surface area contributed by atoms with Crippen LogP contribution in [-0.4, -0.2) is 21.0 Å². The van der Waals surface area contributed by atoms with Crippen LogP contribution in [0.5, 0.6) is 0 Å². The first-order valence-electron chi connectivity index (χ1n) is 12.9. The molecule has 0 amide bonds. The summed E-state index contributed by atoms with van der Waals surface area (Å²) in [6.45, 7) is 4.17. The van der Waals surface area contributed by atoms with Crippen LogP contribution in [-0.2, 0) is 12.8 Å². The Morgan fingerprint density at radius 2 is 0.895 bits per heavy atom. The number of hydrogen-bond donors (Lipinski definition) is 3. The van der Waals surface area contributed by atoms with Gasteiger partial charge in [0, 0.05) is 41.6 Å². The third-order valence-corrected chi connectivity index (χ3v) is 5.90. The second-order valence-corrected chi connectivity index (χ2v) is 9.52. The van der Waals surface area contributed by atoms with Gasteiger partial charge in [0.25, 0.3) is 0 Å². The average molecular weight is 501 g/mol. The van der Waals surface area contributed by atoms with Crippen molar-refractivity contribution >= 4 is 28.7 Å². The Hall–Kier alpha value is -4.71. The molecule has 0 atom stereocenters. The van der Waals surface area contributed by atoms with Crippen molar-refractivity contribution in [2.75, 3.05) is 16.0 Å². The van der Waals surface area contributed by atoms with Crippen LogP contribution in [0, 0.1) is 0 Å². The van der Waals surface area contributed by atoms with Crippen molar-refractivity contribution in [3.8, 4) is 0 Å². The topological polar surface area (TPSA) is 74.8 Å². The number of hydrogen-bond acceptors (Lipinski definition) is 6. The Morgan fingerprint density at radius 1 is 0.500 bits per heavy atom. The fourth-order valence-corrected chi connectivity index (χ4v) is 4.10. The molecule has 5 rings (SSSR count). The van der Waals surface area contributed by atoms with E-state index in [-0.39, 0.29) is 6.04 Å². The molecule has 190 valence electrons. The fourth-order valence-electron chi connectivity index (χ4n) is 4.10. The Bertz CT molecular complexity index is 1330. The molecule has 6 nitrogen and oxygen atoms in total. The lowest BCUT2D eigenvalue weighted by atomic mass is 10.1. The van der Waals surface area contributed by atoms with E-state index in [1.165, 1.54) is 0 Å². The van der Waals surface area contributed by atoms with E-state index < -0.39 is 0 Å². The zero-order chi connectivity index (χ0) is 26.2. The van der Waals surface area contributed by atoms with Crippen molar-refractivity contribution in [1.82, 2.24) is 15.0 Å². The van der Waals surface area contributed by atoms with Crippen LogP contribution in [0.25, 0.3) is 0 Å². The smallest absolute Gasteiger partial charge is 0.226 e. The summed E-state index contributed by atoms with van der Waals surface area (Å²) in [7, 11) is 0. The number of para-hydroxylation sites is 2. The molecular formula is C32H32N6. The molecule has 3 N–H and O–H groups in total. The number of aromatic nitrogens is 3. The van der Waals surface area contributed by atoms with Gasteiger partial charge in [-0.3, -0.25) is 0 Å². The highest BCUT2D eigenvalue weighted by Crippen LogP contribution is 2.20. The minimum atomic E-state index is 0.227. The van der Waals surface area contributed by atoms with Crippen LogP contribution in [0.4, 0.5) is 28.7 Å². The first-order chi connectivity index (χ1) is 18.6. The van der Waals surface area contributed by atoms with Gasteiger partial charge in [-0.15, -0.1) is 0 Å². The lowest BCUT2D eigenvalue weighted by Gasteiger charge is -2.12. The first-order valence-corrected chi connectivity index (χ1v) is 12.9. The SMILES string of the molecule is CC(C)Nc1nc(Cc2ccc(Nc3ccccc3)cc2)nc(Cc2ccc(Nc3ccccc3)cc2)n1. The zero-order valence-electron chi connectivity index (χ0n) is 21.7. The van der Waals surface area contributed by atoms with E-state index in [0.717, 1.165) is 45.5 Å². The van der Waals surface area contributed by atoms with Crippen LogP contribution in [0.15, 0.2) is 109 Å². The highest BCUT2D eigenvalue weighted by molar-refractivity contribution is 5.60. The van der Waals surface area contributed by atoms with E-state index in [1.54, 1.807) is 0 Å². The van der Waals surface area contributed by atoms with Crippen LogP contribution in [0.3, 0.4) is 0 Å². The predicted octanol–water partition coefficient (Wildman–Crippen LogP) is 7.36. The Morgan fingerprint density at radius 3 is 1.29 bits per heavy atom. The standard InChI is InChI=1S/C32H32N6/c1-23(2)33-32-37-30(21-24-13-17-28(18-14-24)34-26-9-5-3-6-10-26)36-31(38-32)22-25-15-19-29(20-16-25)35-27-11-7-4-8-12-27/h3-20,23,34-35H,21-22H2,1-2H3,(H,33,36,37,38). The number of nitrogens with one attached hydrogen (secondary N) is 3. The van der Waals surface area contributed by atoms with Gasteiger partial charge >= 0.3 is 0 Å². The summed E-state index contributed by atoms with van der Waals surface area (Å²) in [5.41, 5.74) is 6.51. The molecule has 0 aliphatic carbocycles. The molecule has 38 heavy (non-hydrogen) atoms. The van der Waals surface area contributed by atoms with E-state index in [9.17, 15) is 0 Å². The van der Waals surface area contributed by atoms with Gasteiger partial charge in [0.05, 0.1) is 0 Å². The van der Waals surface area contributed by atoms with Gasteiger partial charge < -0.3 is 16.0 Å². The summed E-state index contributed by atoms with van der Waals surface area (Å²) in [4.78, 5) is 14.2. The minimum absolute atomic E-state index is 0.227. The quantitative estimate of drug-likeness (QED) is 0.186. The van der Waals surface area contributed by atoms with Crippen LogP contribution < -0.4 is 16.0 Å². The number of anilines is 5. The Labute approximate surface area is 224 Å². The number of rotatable bonds is 10. The molecule has 0 saturated carbocycles. The van der Waals surface area contributed by atoms with E-state index >= 15 is 0 Å². The highest BCUT2D eigenvalue weighted by Gasteiger charge is 2.10. The van der Waals surface area contributed by atoms with Crippen molar-refractivity contribution < 1.29 is 0 Å². The maximum absolute atomic E-state index is 4.82. The third-order valence-electron chi connectivity index (χ3n) is 5.90. The Kier molecular flexibility index (Phi) is 7.89. The lowest BCUT2D eigenvalue weighted by Crippen LogP contribution is -2.16. The summed E-state index contributed by atoms with van der Waals surface area (Å²) in [6, 6.07) is 37.3. The highest BCUT2D eigenvalue weighted by atomic mass is 15.2. The molecule has 0 radical (unpaired) electrons. The van der Waals surface area contributed by atoms with Crippen molar-refractivity contribution in [1.29, 1.82) is 0 Å². The van der Waals surface area contributed by atoms with E-state index in [1.807, 2.05) is 36.4 Å². The second kappa shape index (κ2) is 12.0. The molecule has 1 heterocycles. The zero-order valence-corrected chi connectivity index (χ0v) is 21.7. The number of benzene rings is 4. The first kappa shape index (κ1) is 25.0. The molecule has 6 heteroatoms. The normalized spacial score (nSPS) is 10.8. The van der Waals surface area contributed by atoms with Gasteiger partial charge in [-0.2, -0.15) is 9.97 Å². The molecule has 0 saturated heterocycles. The molecule has 0 unspecified atom stereocenters. The monoisotopic (exact) mass is 500 g/mol. The molecule has 0 aliphatic heterocycles. The van der Waals surface area contributed by atoms with Gasteiger partial charge in [-0.05, 0) is 73.5 Å². The summed E-state index contributed by atoms with van der Waals surface area (Å²) in [6.07, 6.45) is 1.27. The molecular weight excluding hydrogens is 468 g/mol. The average Bonchev–Trinajstić information content (AvgIpc) is 2.92. The van der Waals surface area contributed by atoms with Gasteiger partial charge in [0.2, 0.25) is 5.95 Å². The van der Waals surface area contributed by atoms with Gasteiger partial charge in [0.15, 0.2) is 0 Å². The largest absolute Gasteiger partial charge is 0.356 e. The lowest BCUT2D eigenvalue weighted by molar-refractivity contribution is 0.814. The summed E-state index contributed by atoms with van der Waals surface area (Å²) in [5.74, 6) is 2.12. The van der Waals surface area contributed by atoms with E-state index in [0.29, 0.717) is 18.8 Å². The van der Waals surface area contributed by atoms with Gasteiger partial charge in [0.1, 0.15) is 11.6 Å². The van der Waals surface area contributed by atoms with Crippen LogP contribution >= 0.6 is 0 Å². The van der Waals surface area contributed by atoms with Crippen molar-refractivity contribution in [3.63, 3.8) is 0 Å². The second-order valence-electron chi connectivity index (χ2n) is 9.52. The molecule has 0 fully saturated rings. The number of nitrogens with zero attached hydrogens (tertiary/aromatic N) is 3. The molecule has 0 aliphatic rings. The predicted molar refractivity (Wildman–Crippen MR) is 157 cm³/mol. The minimum Gasteiger partial charge on any atom is -0.356 e. The molecule has 0 spiro atoms. The molecule has 1 aromatic heterocycles. The van der Waals surface area contributed by atoms with Gasteiger partial charge in [-0.25, -0.2) is 4.98 Å². The molecule has 0 bridgehead atoms. The Balaban J connectivity index is 1.29. The fraction of sp³-hybridized carbons (Fsp3) is 0.156. The van der Waals surface area contributed by atoms with Gasteiger partial charge in [-0.1, -0.05) is 60.7 Å². The van der Waals surface area contributed by atoms with Crippen molar-refractivity contribution in [2.45, 2.75) is 32.7 Å². The van der Waals surface area contributed by atoms with Crippen molar-refractivity contribution in [3.05, 3.63) is 132 Å². The van der Waals surface area contributed by atoms with E-state index in [4.69, 9.17) is 15.0 Å². The molecule has 5 aromatic rings. The van der Waals surface area contributed by atoms with Crippen molar-refractivity contribution in [2.24, 2.45) is 0 Å². The molecule has 4 aromatic carbocycles. The third kappa shape index (κ3) is 7.17.